The van der Waals surface area contributed by atoms with Gasteiger partial charge in [-0.05, 0) is 31.0 Å². The number of hydrogen-bond acceptors (Lipinski definition) is 5. The van der Waals surface area contributed by atoms with E-state index in [2.05, 4.69) is 15.1 Å². The fraction of sp³-hybridized carbons (Fsp3) is 0.444. The second-order valence-electron chi connectivity index (χ2n) is 6.85. The minimum Gasteiger partial charge on any atom is -0.497 e. The Morgan fingerprint density at radius 3 is 2.57 bits per heavy atom. The van der Waals surface area contributed by atoms with Crippen LogP contribution in [0, 0.1) is 6.92 Å². The molecule has 1 fully saturated rings. The number of methoxy groups -OCH3 is 1. The highest BCUT2D eigenvalue weighted by Crippen LogP contribution is 2.29. The number of aryl methyl sites for hydroxylation is 2. The summed E-state index contributed by atoms with van der Waals surface area (Å²) in [7, 11) is 0.990. The van der Waals surface area contributed by atoms with Crippen LogP contribution in [0.4, 0.5) is 0 Å². The maximum atomic E-state index is 12.8. The van der Waals surface area contributed by atoms with Crippen molar-refractivity contribution in [3.63, 3.8) is 0 Å². The average Bonchev–Trinajstić information content (AvgIpc) is 3.00. The van der Waals surface area contributed by atoms with Crippen LogP contribution in [0.15, 0.2) is 30.5 Å². The van der Waals surface area contributed by atoms with Crippen LogP contribution in [-0.4, -0.2) is 48.6 Å². The summed E-state index contributed by atoms with van der Waals surface area (Å²) < 4.78 is 35.5. The van der Waals surface area contributed by atoms with Crippen LogP contribution in [0.5, 0.6) is 5.75 Å². The number of likely N-dealkylation sites (N-methyl/N-ethyl adjacent to an activating group) is 1. The molecule has 2 aromatic rings. The number of nitrogens with one attached hydrogen (secondary N) is 2. The highest BCUT2D eigenvalue weighted by atomic mass is 32.2. The number of carbonyl (C=O) groups is 1. The molecule has 0 bridgehead atoms. The SMILES string of the molecule is COc1ccc(CNC(=O)[C@@H]2C[C@H](c3cn(C)nc3C)NS(=O)(=O)N2C)cc1. The van der Waals surface area contributed by atoms with Crippen molar-refractivity contribution in [1.29, 1.82) is 0 Å². The van der Waals surface area contributed by atoms with Gasteiger partial charge in [-0.15, -0.1) is 0 Å². The lowest BCUT2D eigenvalue weighted by atomic mass is 10.00. The maximum Gasteiger partial charge on any atom is 0.280 e. The van der Waals surface area contributed by atoms with Gasteiger partial charge in [-0.3, -0.25) is 9.48 Å². The van der Waals surface area contributed by atoms with Crippen LogP contribution in [0.2, 0.25) is 0 Å². The molecule has 0 spiro atoms. The highest BCUT2D eigenvalue weighted by molar-refractivity contribution is 7.87. The third kappa shape index (κ3) is 4.18. The summed E-state index contributed by atoms with van der Waals surface area (Å²) in [5.41, 5.74) is 2.40. The topological polar surface area (TPSA) is 106 Å². The lowest BCUT2D eigenvalue weighted by molar-refractivity contribution is -0.125. The van der Waals surface area contributed by atoms with E-state index in [0.29, 0.717) is 13.0 Å². The number of hydrogen-bond donors (Lipinski definition) is 2. The molecule has 1 saturated heterocycles. The molecule has 0 radical (unpaired) electrons. The minimum absolute atomic E-state index is 0.303. The van der Waals surface area contributed by atoms with E-state index in [1.807, 2.05) is 31.2 Å². The van der Waals surface area contributed by atoms with Crippen LogP contribution in [-0.2, 0) is 28.6 Å². The zero-order valence-electron chi connectivity index (χ0n) is 16.3. The van der Waals surface area contributed by atoms with Crippen LogP contribution >= 0.6 is 0 Å². The normalized spacial score (nSPS) is 22.0. The first-order chi connectivity index (χ1) is 13.2. The third-order valence-electron chi connectivity index (χ3n) is 4.92. The number of aromatic nitrogens is 2. The predicted molar refractivity (Wildman–Crippen MR) is 104 cm³/mol. The van der Waals surface area contributed by atoms with E-state index < -0.39 is 22.3 Å². The zero-order valence-corrected chi connectivity index (χ0v) is 17.2. The van der Waals surface area contributed by atoms with Crippen molar-refractivity contribution < 1.29 is 17.9 Å². The van der Waals surface area contributed by atoms with Gasteiger partial charge in [0.25, 0.3) is 10.2 Å². The van der Waals surface area contributed by atoms with Gasteiger partial charge in [0.05, 0.1) is 18.8 Å². The Hall–Kier alpha value is -2.43. The van der Waals surface area contributed by atoms with E-state index in [9.17, 15) is 13.2 Å². The van der Waals surface area contributed by atoms with Gasteiger partial charge in [0.15, 0.2) is 0 Å². The first-order valence-corrected chi connectivity index (χ1v) is 10.3. The van der Waals surface area contributed by atoms with Gasteiger partial charge in [-0.1, -0.05) is 12.1 Å². The van der Waals surface area contributed by atoms with Crippen LogP contribution in [0.3, 0.4) is 0 Å². The molecule has 3 rings (SSSR count). The summed E-state index contributed by atoms with van der Waals surface area (Å²) in [6.07, 6.45) is 2.09. The summed E-state index contributed by atoms with van der Waals surface area (Å²) >= 11 is 0. The molecule has 1 aliphatic heterocycles. The lowest BCUT2D eigenvalue weighted by Crippen LogP contribution is -2.57. The maximum absolute atomic E-state index is 12.8. The molecule has 0 unspecified atom stereocenters. The number of rotatable bonds is 5. The number of nitrogens with zero attached hydrogens (tertiary/aromatic N) is 3. The van der Waals surface area contributed by atoms with E-state index in [1.54, 1.807) is 25.0 Å². The van der Waals surface area contributed by atoms with Gasteiger partial charge in [0, 0.05) is 32.4 Å². The molecule has 2 atom stereocenters. The first kappa shape index (κ1) is 20.3. The lowest BCUT2D eigenvalue weighted by Gasteiger charge is -2.36. The highest BCUT2D eigenvalue weighted by Gasteiger charge is 2.41. The summed E-state index contributed by atoms with van der Waals surface area (Å²) in [5.74, 6) is 0.392. The van der Waals surface area contributed by atoms with Crippen LogP contribution < -0.4 is 14.8 Å². The van der Waals surface area contributed by atoms with Crippen molar-refractivity contribution in [2.75, 3.05) is 14.2 Å². The molecule has 9 nitrogen and oxygen atoms in total. The van der Waals surface area contributed by atoms with Gasteiger partial charge in [-0.25, -0.2) is 0 Å². The van der Waals surface area contributed by atoms with Crippen molar-refractivity contribution in [2.45, 2.75) is 32.0 Å². The smallest absolute Gasteiger partial charge is 0.280 e. The fourth-order valence-corrected chi connectivity index (χ4v) is 4.59. The molecule has 28 heavy (non-hydrogen) atoms. The molecule has 0 saturated carbocycles. The van der Waals surface area contributed by atoms with E-state index in [4.69, 9.17) is 4.74 Å². The summed E-state index contributed by atoms with van der Waals surface area (Å²) in [5, 5.41) is 7.10. The number of ether oxygens (including phenoxy) is 1. The van der Waals surface area contributed by atoms with E-state index in [1.165, 1.54) is 7.05 Å². The molecule has 1 aliphatic rings. The van der Waals surface area contributed by atoms with Gasteiger partial charge >= 0.3 is 0 Å². The second-order valence-corrected chi connectivity index (χ2v) is 8.61. The van der Waals surface area contributed by atoms with E-state index in [0.717, 1.165) is 26.9 Å². The predicted octanol–water partition coefficient (Wildman–Crippen LogP) is 0.633. The molecule has 1 aromatic heterocycles. The van der Waals surface area contributed by atoms with Crippen molar-refractivity contribution in [3.8, 4) is 5.75 Å². The quantitative estimate of drug-likeness (QED) is 0.756. The van der Waals surface area contributed by atoms with E-state index in [-0.39, 0.29) is 5.91 Å². The fourth-order valence-electron chi connectivity index (χ4n) is 3.32. The Morgan fingerprint density at radius 2 is 2.00 bits per heavy atom. The number of benzene rings is 1. The van der Waals surface area contributed by atoms with Crippen molar-refractivity contribution in [2.24, 2.45) is 7.05 Å². The minimum atomic E-state index is -3.78. The number of amides is 1. The molecule has 1 amide bonds. The first-order valence-electron chi connectivity index (χ1n) is 8.87. The Bertz CT molecular complexity index is 955. The standard InChI is InChI=1S/C18H25N5O4S/c1-12-15(11-22(2)20-12)16-9-17(23(3)28(25,26)21-16)18(24)19-10-13-5-7-14(27-4)8-6-13/h5-8,11,16-17,21H,9-10H2,1-4H3,(H,19,24)/t16-,17+/m1/s1. The summed E-state index contributed by atoms with van der Waals surface area (Å²) in [6.45, 7) is 2.12. The monoisotopic (exact) mass is 407 g/mol. The van der Waals surface area contributed by atoms with Crippen molar-refractivity contribution in [3.05, 3.63) is 47.3 Å². The molecule has 0 aliphatic carbocycles. The molecule has 1 aromatic carbocycles. The summed E-state index contributed by atoms with van der Waals surface area (Å²) in [4.78, 5) is 12.8. The Kier molecular flexibility index (Phi) is 5.73. The van der Waals surface area contributed by atoms with Gasteiger partial charge < -0.3 is 10.1 Å². The molecule has 152 valence electrons. The van der Waals surface area contributed by atoms with Gasteiger partial charge in [0.2, 0.25) is 5.91 Å². The largest absolute Gasteiger partial charge is 0.497 e. The van der Waals surface area contributed by atoms with Crippen molar-refractivity contribution >= 4 is 16.1 Å². The third-order valence-corrected chi connectivity index (χ3v) is 6.52. The van der Waals surface area contributed by atoms with Crippen LogP contribution in [0.1, 0.15) is 29.3 Å². The number of carbonyl (C=O) groups excluding carboxylic acids is 1. The molecular weight excluding hydrogens is 382 g/mol. The van der Waals surface area contributed by atoms with Crippen molar-refractivity contribution in [1.82, 2.24) is 24.1 Å². The molecule has 10 heteroatoms. The van der Waals surface area contributed by atoms with Gasteiger partial charge in [0.1, 0.15) is 11.8 Å². The molecular formula is C18H25N5O4S. The Labute approximate surface area is 164 Å². The molecule has 2 heterocycles. The average molecular weight is 407 g/mol. The van der Waals surface area contributed by atoms with Crippen LogP contribution in [0.25, 0.3) is 0 Å². The second kappa shape index (κ2) is 7.90. The summed E-state index contributed by atoms with van der Waals surface area (Å²) in [6, 6.07) is 6.00. The molecule has 2 N–H and O–H groups in total. The van der Waals surface area contributed by atoms with Gasteiger partial charge in [-0.2, -0.15) is 22.5 Å². The Morgan fingerprint density at radius 1 is 1.32 bits per heavy atom. The Balaban J connectivity index is 1.74. The zero-order chi connectivity index (χ0) is 20.5. The van der Waals surface area contributed by atoms with E-state index >= 15 is 0 Å².